The van der Waals surface area contributed by atoms with Crippen LogP contribution >= 0.6 is 11.6 Å². The molecule has 0 fully saturated rings. The van der Waals surface area contributed by atoms with Crippen LogP contribution in [-0.4, -0.2) is 14.8 Å². The van der Waals surface area contributed by atoms with Gasteiger partial charge in [0.05, 0.1) is 16.3 Å². The number of halogens is 4. The molecule has 2 aromatic carbocycles. The number of ether oxygens (including phenoxy) is 1. The third kappa shape index (κ3) is 3.68. The molecule has 0 spiro atoms. The van der Waals surface area contributed by atoms with E-state index >= 15 is 0 Å². The first-order valence-corrected chi connectivity index (χ1v) is 7.25. The molecule has 0 amide bonds. The van der Waals surface area contributed by atoms with Crippen LogP contribution in [0.4, 0.5) is 13.2 Å². The minimum absolute atomic E-state index is 0.0859. The summed E-state index contributed by atoms with van der Waals surface area (Å²) in [5, 5.41) is 3.94. The highest BCUT2D eigenvalue weighted by molar-refractivity contribution is 6.32. The lowest BCUT2D eigenvalue weighted by molar-refractivity contribution is -0.137. The van der Waals surface area contributed by atoms with Crippen molar-refractivity contribution in [1.82, 2.24) is 14.8 Å². The Labute approximate surface area is 140 Å². The van der Waals surface area contributed by atoms with Crippen molar-refractivity contribution in [3.05, 3.63) is 71.3 Å². The third-order valence-electron chi connectivity index (χ3n) is 3.25. The molecule has 8 heteroatoms. The number of nitrogens with zero attached hydrogens (tertiary/aromatic N) is 3. The van der Waals surface area contributed by atoms with E-state index in [0.29, 0.717) is 0 Å². The van der Waals surface area contributed by atoms with Crippen LogP contribution in [0.5, 0.6) is 5.75 Å². The monoisotopic (exact) mass is 353 g/mol. The summed E-state index contributed by atoms with van der Waals surface area (Å²) in [5.41, 5.74) is 0.805. The van der Waals surface area contributed by atoms with Crippen LogP contribution in [0.15, 0.2) is 55.1 Å². The Bertz CT molecular complexity index is 835. The van der Waals surface area contributed by atoms with Gasteiger partial charge in [0.25, 0.3) is 0 Å². The summed E-state index contributed by atoms with van der Waals surface area (Å²) in [6, 6.07) is 10.3. The van der Waals surface area contributed by atoms with Gasteiger partial charge >= 0.3 is 6.18 Å². The fourth-order valence-electron chi connectivity index (χ4n) is 2.09. The van der Waals surface area contributed by atoms with E-state index in [1.807, 2.05) is 24.3 Å². The Morgan fingerprint density at radius 1 is 1.12 bits per heavy atom. The summed E-state index contributed by atoms with van der Waals surface area (Å²) in [4.78, 5) is 3.87. The number of aromatic nitrogens is 3. The molecule has 0 unspecified atom stereocenters. The maximum Gasteiger partial charge on any atom is 0.416 e. The Morgan fingerprint density at radius 2 is 1.96 bits per heavy atom. The summed E-state index contributed by atoms with van der Waals surface area (Å²) in [5.74, 6) is 0.191. The number of hydrogen-bond acceptors (Lipinski definition) is 3. The predicted molar refractivity (Wildman–Crippen MR) is 82.1 cm³/mol. The second kappa shape index (κ2) is 6.52. The maximum atomic E-state index is 12.6. The zero-order valence-corrected chi connectivity index (χ0v) is 12.9. The maximum absolute atomic E-state index is 12.6. The SMILES string of the molecule is FC(F)(F)c1ccc(OCc2cccc(-n3cncn3)c2)c(Cl)c1. The lowest BCUT2D eigenvalue weighted by Crippen LogP contribution is -2.05. The average Bonchev–Trinajstić information content (AvgIpc) is 3.07. The molecule has 0 aliphatic heterocycles. The van der Waals surface area contributed by atoms with Crippen molar-refractivity contribution in [2.45, 2.75) is 12.8 Å². The smallest absolute Gasteiger partial charge is 0.416 e. The molecule has 124 valence electrons. The minimum Gasteiger partial charge on any atom is -0.487 e. The highest BCUT2D eigenvalue weighted by atomic mass is 35.5. The molecule has 1 aromatic heterocycles. The first-order valence-electron chi connectivity index (χ1n) is 6.87. The number of rotatable bonds is 4. The Hall–Kier alpha value is -2.54. The molecular weight excluding hydrogens is 343 g/mol. The lowest BCUT2D eigenvalue weighted by atomic mass is 10.2. The van der Waals surface area contributed by atoms with Gasteiger partial charge < -0.3 is 4.74 Å². The molecule has 3 rings (SSSR count). The third-order valence-corrected chi connectivity index (χ3v) is 3.54. The number of alkyl halides is 3. The second-order valence-corrected chi connectivity index (χ2v) is 5.35. The molecule has 0 aliphatic carbocycles. The van der Waals surface area contributed by atoms with Crippen LogP contribution in [0.1, 0.15) is 11.1 Å². The van der Waals surface area contributed by atoms with Gasteiger partial charge in [-0.15, -0.1) is 0 Å². The van der Waals surface area contributed by atoms with Crippen LogP contribution in [0, 0.1) is 0 Å². The average molecular weight is 354 g/mol. The number of hydrogen-bond donors (Lipinski definition) is 0. The fourth-order valence-corrected chi connectivity index (χ4v) is 2.32. The lowest BCUT2D eigenvalue weighted by Gasteiger charge is -2.12. The van der Waals surface area contributed by atoms with Crippen molar-refractivity contribution in [2.24, 2.45) is 0 Å². The van der Waals surface area contributed by atoms with Gasteiger partial charge in [0.15, 0.2) is 0 Å². The predicted octanol–water partition coefficient (Wildman–Crippen LogP) is 4.52. The molecule has 0 radical (unpaired) electrons. The first kappa shape index (κ1) is 16.3. The van der Waals surface area contributed by atoms with Gasteiger partial charge in [-0.05, 0) is 35.9 Å². The Balaban J connectivity index is 1.73. The van der Waals surface area contributed by atoms with Crippen molar-refractivity contribution < 1.29 is 17.9 Å². The van der Waals surface area contributed by atoms with Crippen molar-refractivity contribution in [3.8, 4) is 11.4 Å². The highest BCUT2D eigenvalue weighted by Gasteiger charge is 2.31. The molecule has 0 saturated carbocycles. The van der Waals surface area contributed by atoms with Gasteiger partial charge in [0.1, 0.15) is 25.0 Å². The van der Waals surface area contributed by atoms with Gasteiger partial charge in [-0.25, -0.2) is 9.67 Å². The van der Waals surface area contributed by atoms with Gasteiger partial charge in [-0.2, -0.15) is 18.3 Å². The topological polar surface area (TPSA) is 39.9 Å². The molecule has 24 heavy (non-hydrogen) atoms. The summed E-state index contributed by atoms with van der Waals surface area (Å²) < 4.78 is 45.0. The normalized spacial score (nSPS) is 11.5. The van der Waals surface area contributed by atoms with E-state index in [2.05, 4.69) is 10.1 Å². The van der Waals surface area contributed by atoms with E-state index in [-0.39, 0.29) is 17.4 Å². The standard InChI is InChI=1S/C16H11ClF3N3O/c17-14-7-12(16(18,19)20)4-5-15(14)24-8-11-2-1-3-13(6-11)23-10-21-9-22-23/h1-7,9-10H,8H2. The zero-order chi connectivity index (χ0) is 17.2. The van der Waals surface area contributed by atoms with E-state index in [0.717, 1.165) is 23.4 Å². The summed E-state index contributed by atoms with van der Waals surface area (Å²) in [6.45, 7) is 0.160. The van der Waals surface area contributed by atoms with Crippen molar-refractivity contribution in [3.63, 3.8) is 0 Å². The van der Waals surface area contributed by atoms with E-state index in [1.54, 1.807) is 11.0 Å². The van der Waals surface area contributed by atoms with Crippen molar-refractivity contribution in [1.29, 1.82) is 0 Å². The van der Waals surface area contributed by atoms with Crippen LogP contribution < -0.4 is 4.74 Å². The Morgan fingerprint density at radius 3 is 2.62 bits per heavy atom. The molecule has 4 nitrogen and oxygen atoms in total. The van der Waals surface area contributed by atoms with Crippen LogP contribution in [0.2, 0.25) is 5.02 Å². The zero-order valence-electron chi connectivity index (χ0n) is 12.2. The molecule has 0 N–H and O–H groups in total. The Kier molecular flexibility index (Phi) is 4.44. The van der Waals surface area contributed by atoms with Crippen LogP contribution in [-0.2, 0) is 12.8 Å². The van der Waals surface area contributed by atoms with Gasteiger partial charge in [-0.1, -0.05) is 23.7 Å². The molecule has 0 bridgehead atoms. The fraction of sp³-hybridized carbons (Fsp3) is 0.125. The number of benzene rings is 2. The molecule has 3 aromatic rings. The van der Waals surface area contributed by atoms with Crippen LogP contribution in [0.25, 0.3) is 5.69 Å². The van der Waals surface area contributed by atoms with E-state index < -0.39 is 11.7 Å². The molecule has 1 heterocycles. The quantitative estimate of drug-likeness (QED) is 0.692. The summed E-state index contributed by atoms with van der Waals surface area (Å²) in [7, 11) is 0. The highest BCUT2D eigenvalue weighted by Crippen LogP contribution is 2.34. The van der Waals surface area contributed by atoms with Crippen molar-refractivity contribution in [2.75, 3.05) is 0 Å². The molecule has 0 saturated heterocycles. The van der Waals surface area contributed by atoms with Crippen molar-refractivity contribution >= 4 is 11.6 Å². The van der Waals surface area contributed by atoms with Gasteiger partial charge in [-0.3, -0.25) is 0 Å². The van der Waals surface area contributed by atoms with E-state index in [1.165, 1.54) is 12.4 Å². The molecular formula is C16H11ClF3N3O. The summed E-state index contributed by atoms with van der Waals surface area (Å²) in [6.07, 6.45) is -1.45. The summed E-state index contributed by atoms with van der Waals surface area (Å²) >= 11 is 5.87. The minimum atomic E-state index is -4.44. The van der Waals surface area contributed by atoms with Crippen LogP contribution in [0.3, 0.4) is 0 Å². The molecule has 0 atom stereocenters. The van der Waals surface area contributed by atoms with E-state index in [9.17, 15) is 13.2 Å². The molecule has 0 aliphatic rings. The largest absolute Gasteiger partial charge is 0.487 e. The van der Waals surface area contributed by atoms with Gasteiger partial charge in [0.2, 0.25) is 0 Å². The second-order valence-electron chi connectivity index (χ2n) is 4.94. The van der Waals surface area contributed by atoms with Gasteiger partial charge in [0, 0.05) is 0 Å². The first-order chi connectivity index (χ1) is 11.4. The van der Waals surface area contributed by atoms with E-state index in [4.69, 9.17) is 16.3 Å².